The van der Waals surface area contributed by atoms with Crippen LogP contribution in [0.15, 0.2) is 42.5 Å². The highest BCUT2D eigenvalue weighted by Crippen LogP contribution is 2.19. The van der Waals surface area contributed by atoms with Crippen molar-refractivity contribution in [1.82, 2.24) is 15.2 Å². The number of hydrogen-bond acceptors (Lipinski definition) is 3. The molecule has 0 radical (unpaired) electrons. The lowest BCUT2D eigenvalue weighted by Crippen LogP contribution is -2.23. The number of pyridine rings is 1. The molecule has 0 unspecified atom stereocenters. The van der Waals surface area contributed by atoms with Crippen LogP contribution < -0.4 is 5.32 Å². The third-order valence-corrected chi connectivity index (χ3v) is 4.04. The molecule has 0 amide bonds. The van der Waals surface area contributed by atoms with Gasteiger partial charge in [-0.15, -0.1) is 0 Å². The highest BCUT2D eigenvalue weighted by molar-refractivity contribution is 5.28. The zero-order valence-electron chi connectivity index (χ0n) is 12.7. The van der Waals surface area contributed by atoms with Gasteiger partial charge >= 0.3 is 0 Å². The van der Waals surface area contributed by atoms with Crippen LogP contribution >= 0.6 is 0 Å². The minimum Gasteiger partial charge on any atom is -0.314 e. The van der Waals surface area contributed by atoms with Crippen LogP contribution in [0.4, 0.5) is 0 Å². The molecule has 3 rings (SSSR count). The summed E-state index contributed by atoms with van der Waals surface area (Å²) in [6.07, 6.45) is 2.42. The molecule has 0 bridgehead atoms. The number of hydrogen-bond donors (Lipinski definition) is 1. The molecule has 0 fully saturated rings. The molecule has 1 N–H and O–H groups in total. The van der Waals surface area contributed by atoms with E-state index in [1.165, 1.54) is 29.7 Å². The average molecular weight is 281 g/mol. The van der Waals surface area contributed by atoms with Gasteiger partial charge in [0.1, 0.15) is 0 Å². The summed E-state index contributed by atoms with van der Waals surface area (Å²) in [7, 11) is 1.96. The first kappa shape index (κ1) is 14.2. The fourth-order valence-electron chi connectivity index (χ4n) is 3.03. The summed E-state index contributed by atoms with van der Waals surface area (Å²) in [5.74, 6) is 0. The van der Waals surface area contributed by atoms with Crippen molar-refractivity contribution in [2.75, 3.05) is 13.6 Å². The molecule has 0 spiro atoms. The largest absolute Gasteiger partial charge is 0.314 e. The van der Waals surface area contributed by atoms with Crippen LogP contribution in [0.3, 0.4) is 0 Å². The molecule has 3 heteroatoms. The molecule has 1 aliphatic rings. The molecule has 0 aliphatic carbocycles. The molecule has 1 aromatic carbocycles. The molecule has 21 heavy (non-hydrogen) atoms. The smallest absolute Gasteiger partial charge is 0.0548 e. The molecule has 0 atom stereocenters. The lowest BCUT2D eigenvalue weighted by molar-refractivity contribution is 0.257. The quantitative estimate of drug-likeness (QED) is 0.934. The van der Waals surface area contributed by atoms with E-state index in [1.807, 2.05) is 7.05 Å². The highest BCUT2D eigenvalue weighted by Gasteiger charge is 2.14. The third kappa shape index (κ3) is 3.69. The van der Waals surface area contributed by atoms with Crippen LogP contribution in [0, 0.1) is 0 Å². The molecule has 0 saturated heterocycles. The highest BCUT2D eigenvalue weighted by atomic mass is 15.1. The molecule has 3 nitrogen and oxygen atoms in total. The zero-order chi connectivity index (χ0) is 14.5. The predicted molar refractivity (Wildman–Crippen MR) is 85.9 cm³/mol. The lowest BCUT2D eigenvalue weighted by atomic mass is 10.0. The molecule has 1 aromatic heterocycles. The normalized spacial score (nSPS) is 15.5. The van der Waals surface area contributed by atoms with Gasteiger partial charge in [0.25, 0.3) is 0 Å². The summed E-state index contributed by atoms with van der Waals surface area (Å²) in [5.41, 5.74) is 5.27. The van der Waals surface area contributed by atoms with Crippen LogP contribution in [0.1, 0.15) is 28.9 Å². The van der Waals surface area contributed by atoms with Crippen LogP contribution in [0.2, 0.25) is 0 Å². The first-order valence-electron chi connectivity index (χ1n) is 7.74. The second kappa shape index (κ2) is 6.83. The summed E-state index contributed by atoms with van der Waals surface area (Å²) in [5, 5.41) is 3.16. The summed E-state index contributed by atoms with van der Waals surface area (Å²) < 4.78 is 0. The van der Waals surface area contributed by atoms with Crippen molar-refractivity contribution in [1.29, 1.82) is 0 Å². The van der Waals surface area contributed by atoms with Crippen molar-refractivity contribution in [3.63, 3.8) is 0 Å². The summed E-state index contributed by atoms with van der Waals surface area (Å²) in [4.78, 5) is 7.25. The Morgan fingerprint density at radius 3 is 2.71 bits per heavy atom. The Balaban J connectivity index is 1.72. The average Bonchev–Trinajstić information content (AvgIpc) is 2.69. The monoisotopic (exact) mass is 281 g/mol. The van der Waals surface area contributed by atoms with Gasteiger partial charge in [0.2, 0.25) is 0 Å². The second-order valence-corrected chi connectivity index (χ2v) is 5.73. The van der Waals surface area contributed by atoms with Crippen molar-refractivity contribution in [3.05, 3.63) is 65.0 Å². The van der Waals surface area contributed by atoms with Crippen molar-refractivity contribution >= 4 is 0 Å². The zero-order valence-corrected chi connectivity index (χ0v) is 12.7. The number of fused-ring (bicyclic) bond motifs is 1. The van der Waals surface area contributed by atoms with Crippen molar-refractivity contribution < 1.29 is 0 Å². The van der Waals surface area contributed by atoms with E-state index in [0.717, 1.165) is 31.9 Å². The van der Waals surface area contributed by atoms with Gasteiger partial charge in [0.05, 0.1) is 11.4 Å². The Hall–Kier alpha value is -1.71. The molecular formula is C18H23N3. The number of aromatic nitrogens is 1. The van der Waals surface area contributed by atoms with Gasteiger partial charge in [-0.2, -0.15) is 0 Å². The first-order chi connectivity index (χ1) is 10.3. The number of benzene rings is 1. The topological polar surface area (TPSA) is 28.2 Å². The minimum absolute atomic E-state index is 0.830. The number of nitrogens with one attached hydrogen (secondary N) is 1. The van der Waals surface area contributed by atoms with Crippen LogP contribution in [-0.4, -0.2) is 23.5 Å². The van der Waals surface area contributed by atoms with E-state index >= 15 is 0 Å². The van der Waals surface area contributed by atoms with E-state index < -0.39 is 0 Å². The van der Waals surface area contributed by atoms with Gasteiger partial charge in [-0.05, 0) is 49.7 Å². The van der Waals surface area contributed by atoms with Crippen molar-refractivity contribution in [2.24, 2.45) is 0 Å². The van der Waals surface area contributed by atoms with Gasteiger partial charge in [-0.3, -0.25) is 9.88 Å². The van der Waals surface area contributed by atoms with E-state index in [-0.39, 0.29) is 0 Å². The standard InChI is InChI=1S/C18H23N3/c1-19-12-17-9-4-10-18(20-17)14-21-11-5-8-15-6-2-3-7-16(15)13-21/h2-4,6-7,9-10,19H,5,8,11-14H2,1H3. The molecular weight excluding hydrogens is 258 g/mol. The fourth-order valence-corrected chi connectivity index (χ4v) is 3.03. The molecule has 2 aromatic rings. The molecule has 1 aliphatic heterocycles. The van der Waals surface area contributed by atoms with Gasteiger partial charge in [-0.25, -0.2) is 0 Å². The number of rotatable bonds is 4. The van der Waals surface area contributed by atoms with Gasteiger partial charge < -0.3 is 5.32 Å². The lowest BCUT2D eigenvalue weighted by Gasteiger charge is -2.20. The van der Waals surface area contributed by atoms with Gasteiger partial charge in [-0.1, -0.05) is 30.3 Å². The maximum Gasteiger partial charge on any atom is 0.0548 e. The van der Waals surface area contributed by atoms with E-state index in [4.69, 9.17) is 4.98 Å². The molecule has 2 heterocycles. The van der Waals surface area contributed by atoms with Crippen LogP contribution in [0.5, 0.6) is 0 Å². The molecule has 110 valence electrons. The fraction of sp³-hybridized carbons (Fsp3) is 0.389. The Morgan fingerprint density at radius 1 is 1.05 bits per heavy atom. The van der Waals surface area contributed by atoms with E-state index in [0.29, 0.717) is 0 Å². The van der Waals surface area contributed by atoms with E-state index in [9.17, 15) is 0 Å². The predicted octanol–water partition coefficient (Wildman–Crippen LogP) is 2.75. The number of nitrogens with zero attached hydrogens (tertiary/aromatic N) is 2. The van der Waals surface area contributed by atoms with E-state index in [1.54, 1.807) is 0 Å². The summed E-state index contributed by atoms with van der Waals surface area (Å²) in [6, 6.07) is 15.2. The summed E-state index contributed by atoms with van der Waals surface area (Å²) >= 11 is 0. The van der Waals surface area contributed by atoms with E-state index in [2.05, 4.69) is 52.7 Å². The maximum atomic E-state index is 4.74. The van der Waals surface area contributed by atoms with Crippen LogP contribution in [-0.2, 0) is 26.1 Å². The SMILES string of the molecule is CNCc1cccc(CN2CCCc3ccccc3C2)n1. The maximum absolute atomic E-state index is 4.74. The Labute approximate surface area is 127 Å². The summed E-state index contributed by atoms with van der Waals surface area (Å²) in [6.45, 7) is 3.95. The molecule has 0 saturated carbocycles. The first-order valence-corrected chi connectivity index (χ1v) is 7.74. The van der Waals surface area contributed by atoms with Crippen molar-refractivity contribution in [3.8, 4) is 0 Å². The Bertz CT molecular complexity index is 595. The third-order valence-electron chi connectivity index (χ3n) is 4.04. The second-order valence-electron chi connectivity index (χ2n) is 5.73. The van der Waals surface area contributed by atoms with Crippen molar-refractivity contribution in [2.45, 2.75) is 32.5 Å². The Morgan fingerprint density at radius 2 is 1.86 bits per heavy atom. The van der Waals surface area contributed by atoms with Gasteiger partial charge in [0.15, 0.2) is 0 Å². The van der Waals surface area contributed by atoms with Crippen LogP contribution in [0.25, 0.3) is 0 Å². The minimum atomic E-state index is 0.830. The van der Waals surface area contributed by atoms with Gasteiger partial charge in [0, 0.05) is 19.6 Å². The number of aryl methyl sites for hydroxylation is 1. The Kier molecular flexibility index (Phi) is 4.63.